The summed E-state index contributed by atoms with van der Waals surface area (Å²) in [4.78, 5) is 8.73. The number of rotatable bonds is 7. The highest BCUT2D eigenvalue weighted by molar-refractivity contribution is 5.28. The van der Waals surface area contributed by atoms with E-state index in [0.717, 1.165) is 31.2 Å². The van der Waals surface area contributed by atoms with E-state index in [9.17, 15) is 0 Å². The second-order valence-electron chi connectivity index (χ2n) is 4.36. The molecule has 0 radical (unpaired) electrons. The van der Waals surface area contributed by atoms with Crippen LogP contribution in [0.4, 0.5) is 5.95 Å². The van der Waals surface area contributed by atoms with Crippen molar-refractivity contribution in [1.29, 1.82) is 0 Å². The monoisotopic (exact) mass is 260 g/mol. The topological polar surface area (TPSA) is 52.0 Å². The largest absolute Gasteiger partial charge is 0.385 e. The minimum atomic E-state index is 0.161. The Hall–Kier alpha value is -1.88. The second-order valence-corrected chi connectivity index (χ2v) is 4.36. The summed E-state index contributed by atoms with van der Waals surface area (Å²) >= 11 is 0. The lowest BCUT2D eigenvalue weighted by Crippen LogP contribution is -2.14. The fourth-order valence-corrected chi connectivity index (χ4v) is 1.94. The highest BCUT2D eigenvalue weighted by Gasteiger charge is 2.12. The fraction of sp³-hybridized carbons (Fsp3) is 0.429. The van der Waals surface area contributed by atoms with Gasteiger partial charge in [-0.25, -0.2) is 4.98 Å². The van der Waals surface area contributed by atoms with Gasteiger partial charge >= 0.3 is 0 Å². The molecule has 19 heavy (non-hydrogen) atoms. The molecule has 0 aliphatic rings. The molecule has 1 atom stereocenters. The summed E-state index contributed by atoms with van der Waals surface area (Å²) in [5, 5.41) is 3.32. The Bertz CT molecular complexity index is 483. The van der Waals surface area contributed by atoms with E-state index in [4.69, 9.17) is 4.74 Å². The molecule has 0 bridgehead atoms. The summed E-state index contributed by atoms with van der Waals surface area (Å²) in [5.41, 5.74) is 1.03. The van der Waals surface area contributed by atoms with Crippen molar-refractivity contribution in [2.24, 2.45) is 0 Å². The summed E-state index contributed by atoms with van der Waals surface area (Å²) in [6, 6.07) is 6.11. The lowest BCUT2D eigenvalue weighted by atomic mass is 10.2. The van der Waals surface area contributed by atoms with E-state index in [1.807, 2.05) is 30.6 Å². The molecular weight excluding hydrogens is 240 g/mol. The van der Waals surface area contributed by atoms with Gasteiger partial charge in [-0.3, -0.25) is 4.98 Å². The van der Waals surface area contributed by atoms with Crippen LogP contribution >= 0.6 is 0 Å². The number of methoxy groups -OCH3 is 1. The smallest absolute Gasteiger partial charge is 0.203 e. The number of nitrogens with one attached hydrogen (secondary N) is 1. The zero-order valence-corrected chi connectivity index (χ0v) is 11.4. The molecule has 0 saturated heterocycles. The molecule has 5 heteroatoms. The van der Waals surface area contributed by atoms with Gasteiger partial charge in [-0.2, -0.15) is 0 Å². The van der Waals surface area contributed by atoms with Crippen molar-refractivity contribution in [3.05, 3.63) is 42.5 Å². The molecule has 0 saturated carbocycles. The SMILES string of the molecule is COCCCNc1nccn1C(C)c1ccccn1. The van der Waals surface area contributed by atoms with E-state index in [1.165, 1.54) is 0 Å². The van der Waals surface area contributed by atoms with E-state index in [2.05, 4.69) is 26.8 Å². The van der Waals surface area contributed by atoms with Gasteiger partial charge in [0.25, 0.3) is 0 Å². The lowest BCUT2D eigenvalue weighted by molar-refractivity contribution is 0.197. The number of ether oxygens (including phenoxy) is 1. The van der Waals surface area contributed by atoms with Crippen LogP contribution in [0.15, 0.2) is 36.8 Å². The van der Waals surface area contributed by atoms with Crippen LogP contribution in [0, 0.1) is 0 Å². The Morgan fingerprint density at radius 3 is 2.95 bits per heavy atom. The van der Waals surface area contributed by atoms with Crippen molar-refractivity contribution >= 4 is 5.95 Å². The van der Waals surface area contributed by atoms with Gasteiger partial charge in [-0.05, 0) is 25.5 Å². The Morgan fingerprint density at radius 2 is 2.21 bits per heavy atom. The van der Waals surface area contributed by atoms with E-state index in [-0.39, 0.29) is 6.04 Å². The van der Waals surface area contributed by atoms with Crippen LogP contribution in [-0.4, -0.2) is 34.8 Å². The molecule has 0 aliphatic heterocycles. The second kappa shape index (κ2) is 6.89. The summed E-state index contributed by atoms with van der Waals surface area (Å²) in [6.45, 7) is 3.72. The van der Waals surface area contributed by atoms with Crippen LogP contribution in [0.25, 0.3) is 0 Å². The molecule has 2 aromatic heterocycles. The maximum Gasteiger partial charge on any atom is 0.203 e. The van der Waals surface area contributed by atoms with Gasteiger partial charge < -0.3 is 14.6 Å². The first-order valence-electron chi connectivity index (χ1n) is 6.49. The first-order valence-corrected chi connectivity index (χ1v) is 6.49. The maximum absolute atomic E-state index is 5.03. The molecule has 0 amide bonds. The lowest BCUT2D eigenvalue weighted by Gasteiger charge is -2.16. The number of anilines is 1. The Balaban J connectivity index is 2.02. The molecule has 102 valence electrons. The zero-order valence-electron chi connectivity index (χ0n) is 11.4. The summed E-state index contributed by atoms with van der Waals surface area (Å²) in [6.07, 6.45) is 6.55. The highest BCUT2D eigenvalue weighted by Crippen LogP contribution is 2.19. The molecule has 2 aromatic rings. The predicted octanol–water partition coefficient (Wildman–Crippen LogP) is 2.34. The van der Waals surface area contributed by atoms with Crippen molar-refractivity contribution < 1.29 is 4.74 Å². The molecule has 0 spiro atoms. The summed E-state index contributed by atoms with van der Waals surface area (Å²) in [7, 11) is 1.71. The van der Waals surface area contributed by atoms with Crippen LogP contribution in [0.2, 0.25) is 0 Å². The van der Waals surface area contributed by atoms with Gasteiger partial charge in [0.15, 0.2) is 0 Å². The molecule has 2 heterocycles. The number of hydrogen-bond acceptors (Lipinski definition) is 4. The molecule has 2 rings (SSSR count). The standard InChI is InChI=1S/C14H20N4O/c1-12(13-6-3-4-7-15-13)18-10-9-17-14(18)16-8-5-11-19-2/h3-4,6-7,9-10,12H,5,8,11H2,1-2H3,(H,16,17). The summed E-state index contributed by atoms with van der Waals surface area (Å²) in [5.74, 6) is 0.870. The average molecular weight is 260 g/mol. The highest BCUT2D eigenvalue weighted by atomic mass is 16.5. The van der Waals surface area contributed by atoms with Crippen LogP contribution in [0.3, 0.4) is 0 Å². The van der Waals surface area contributed by atoms with Gasteiger partial charge in [-0.1, -0.05) is 6.07 Å². The Morgan fingerprint density at radius 1 is 1.32 bits per heavy atom. The predicted molar refractivity (Wildman–Crippen MR) is 75.3 cm³/mol. The van der Waals surface area contributed by atoms with E-state index < -0.39 is 0 Å². The van der Waals surface area contributed by atoms with Crippen LogP contribution in [0.5, 0.6) is 0 Å². The van der Waals surface area contributed by atoms with Crippen molar-refractivity contribution in [3.8, 4) is 0 Å². The molecule has 1 N–H and O–H groups in total. The quantitative estimate of drug-likeness (QED) is 0.776. The third kappa shape index (κ3) is 3.54. The maximum atomic E-state index is 5.03. The van der Waals surface area contributed by atoms with E-state index in [0.29, 0.717) is 0 Å². The van der Waals surface area contributed by atoms with Gasteiger partial charge in [0.05, 0.1) is 11.7 Å². The number of pyridine rings is 1. The average Bonchev–Trinajstić information content (AvgIpc) is 2.92. The molecular formula is C14H20N4O. The zero-order chi connectivity index (χ0) is 13.5. The number of imidazole rings is 1. The molecule has 0 aromatic carbocycles. The number of hydrogen-bond donors (Lipinski definition) is 1. The first kappa shape index (κ1) is 13.5. The first-order chi connectivity index (χ1) is 9.33. The van der Waals surface area contributed by atoms with Gasteiger partial charge in [0.2, 0.25) is 5.95 Å². The van der Waals surface area contributed by atoms with Crippen LogP contribution in [0.1, 0.15) is 25.1 Å². The number of aromatic nitrogens is 3. The third-order valence-electron chi connectivity index (χ3n) is 3.01. The molecule has 1 unspecified atom stereocenters. The third-order valence-corrected chi connectivity index (χ3v) is 3.01. The van der Waals surface area contributed by atoms with E-state index in [1.54, 1.807) is 13.3 Å². The van der Waals surface area contributed by atoms with Crippen molar-refractivity contribution in [3.63, 3.8) is 0 Å². The Labute approximate surface area is 113 Å². The van der Waals surface area contributed by atoms with Crippen molar-refractivity contribution in [2.75, 3.05) is 25.6 Å². The minimum absolute atomic E-state index is 0.161. The van der Waals surface area contributed by atoms with Crippen LogP contribution < -0.4 is 5.32 Å². The van der Waals surface area contributed by atoms with Gasteiger partial charge in [0.1, 0.15) is 0 Å². The van der Waals surface area contributed by atoms with Gasteiger partial charge in [0, 0.05) is 38.9 Å². The van der Waals surface area contributed by atoms with Crippen LogP contribution in [-0.2, 0) is 4.74 Å². The molecule has 0 aliphatic carbocycles. The minimum Gasteiger partial charge on any atom is -0.385 e. The van der Waals surface area contributed by atoms with Gasteiger partial charge in [-0.15, -0.1) is 0 Å². The molecule has 0 fully saturated rings. The normalized spacial score (nSPS) is 12.3. The number of nitrogens with zero attached hydrogens (tertiary/aromatic N) is 3. The van der Waals surface area contributed by atoms with Crippen molar-refractivity contribution in [2.45, 2.75) is 19.4 Å². The van der Waals surface area contributed by atoms with E-state index >= 15 is 0 Å². The fourth-order valence-electron chi connectivity index (χ4n) is 1.94. The molecule has 5 nitrogen and oxygen atoms in total. The van der Waals surface area contributed by atoms with Crippen molar-refractivity contribution in [1.82, 2.24) is 14.5 Å². The summed E-state index contributed by atoms with van der Waals surface area (Å²) < 4.78 is 7.12. The Kier molecular flexibility index (Phi) is 4.92.